The Hall–Kier alpha value is -3.02. The molecule has 0 saturated carbocycles. The van der Waals surface area contributed by atoms with Gasteiger partial charge in [0.1, 0.15) is 5.65 Å². The zero-order chi connectivity index (χ0) is 17.9. The lowest BCUT2D eigenvalue weighted by Gasteiger charge is -2.25. The summed E-state index contributed by atoms with van der Waals surface area (Å²) < 4.78 is 1.95. The number of nitrogens with one attached hydrogen (secondary N) is 2. The molecule has 0 fully saturated rings. The maximum Gasteiger partial charge on any atom is 0.315 e. The zero-order valence-corrected chi connectivity index (χ0v) is 14.9. The lowest BCUT2D eigenvalue weighted by Crippen LogP contribution is -2.41. The van der Waals surface area contributed by atoms with Gasteiger partial charge in [0.15, 0.2) is 0 Å². The van der Waals surface area contributed by atoms with Crippen LogP contribution in [0.1, 0.15) is 18.2 Å². The van der Waals surface area contributed by atoms with E-state index in [0.717, 1.165) is 24.3 Å². The number of rotatable bonds is 5. The molecule has 1 aromatic carbocycles. The number of nitrogens with zero attached hydrogens (tertiary/aromatic N) is 3. The Labute approximate surface area is 152 Å². The monoisotopic (exact) mass is 349 g/mol. The lowest BCUT2D eigenvalue weighted by molar-refractivity contribution is 0.240. The Morgan fingerprint density at radius 2 is 2.04 bits per heavy atom. The predicted molar refractivity (Wildman–Crippen MR) is 102 cm³/mol. The number of para-hydroxylation sites is 1. The maximum atomic E-state index is 12.1. The largest absolute Gasteiger partial charge is 0.367 e. The number of carbonyl (C=O) groups excluding carboxylic acids is 1. The summed E-state index contributed by atoms with van der Waals surface area (Å²) in [6.07, 6.45) is 4.94. The first-order chi connectivity index (χ1) is 12.7. The average Bonchev–Trinajstić information content (AvgIpc) is 3.20. The van der Waals surface area contributed by atoms with Gasteiger partial charge >= 0.3 is 6.03 Å². The SMILES string of the molecule is C[C@H]1Cc2ccccc2N1CCNC(=O)NCc1cn2ccccc2n1. The van der Waals surface area contributed by atoms with Crippen molar-refractivity contribution in [3.05, 3.63) is 66.1 Å². The van der Waals surface area contributed by atoms with E-state index in [1.54, 1.807) is 0 Å². The summed E-state index contributed by atoms with van der Waals surface area (Å²) in [5.74, 6) is 0. The first-order valence-corrected chi connectivity index (χ1v) is 8.99. The van der Waals surface area contributed by atoms with E-state index in [2.05, 4.69) is 51.7 Å². The number of benzene rings is 1. The minimum atomic E-state index is -0.165. The fourth-order valence-electron chi connectivity index (χ4n) is 3.57. The van der Waals surface area contributed by atoms with Crippen molar-refractivity contribution in [1.82, 2.24) is 20.0 Å². The van der Waals surface area contributed by atoms with Gasteiger partial charge in [0.2, 0.25) is 0 Å². The van der Waals surface area contributed by atoms with Gasteiger partial charge < -0.3 is 19.9 Å². The number of carbonyl (C=O) groups is 1. The Morgan fingerprint density at radius 1 is 1.19 bits per heavy atom. The molecule has 2 N–H and O–H groups in total. The lowest BCUT2D eigenvalue weighted by atomic mass is 10.1. The number of fused-ring (bicyclic) bond motifs is 2. The Kier molecular flexibility index (Phi) is 4.48. The predicted octanol–water partition coefficient (Wildman–Crippen LogP) is 2.58. The summed E-state index contributed by atoms with van der Waals surface area (Å²) in [5.41, 5.74) is 4.39. The molecule has 0 bridgehead atoms. The van der Waals surface area contributed by atoms with E-state index in [4.69, 9.17) is 0 Å². The summed E-state index contributed by atoms with van der Waals surface area (Å²) in [5, 5.41) is 5.81. The van der Waals surface area contributed by atoms with Crippen LogP contribution < -0.4 is 15.5 Å². The highest BCUT2D eigenvalue weighted by Crippen LogP contribution is 2.31. The molecule has 4 rings (SSSR count). The third-order valence-electron chi connectivity index (χ3n) is 4.83. The summed E-state index contributed by atoms with van der Waals surface area (Å²) in [6.45, 7) is 4.05. The molecule has 26 heavy (non-hydrogen) atoms. The highest BCUT2D eigenvalue weighted by molar-refractivity contribution is 5.73. The minimum absolute atomic E-state index is 0.165. The summed E-state index contributed by atoms with van der Waals surface area (Å²) in [6, 6.07) is 14.6. The molecule has 3 heterocycles. The second kappa shape index (κ2) is 7.07. The minimum Gasteiger partial charge on any atom is -0.367 e. The standard InChI is InChI=1S/C20H23N5O/c1-15-12-16-6-2-3-7-18(16)25(15)11-9-21-20(26)22-13-17-14-24-10-5-4-8-19(24)23-17/h2-8,10,14-15H,9,11-13H2,1H3,(H2,21,22,26)/t15-/m0/s1. The fraction of sp³-hybridized carbons (Fsp3) is 0.300. The van der Waals surface area contributed by atoms with E-state index in [1.165, 1.54) is 11.3 Å². The van der Waals surface area contributed by atoms with Crippen molar-refractivity contribution in [1.29, 1.82) is 0 Å². The number of imidazole rings is 1. The van der Waals surface area contributed by atoms with Crippen LogP contribution in [0.15, 0.2) is 54.9 Å². The zero-order valence-electron chi connectivity index (χ0n) is 14.9. The van der Waals surface area contributed by atoms with Gasteiger partial charge in [0.05, 0.1) is 12.2 Å². The third kappa shape index (κ3) is 3.35. The van der Waals surface area contributed by atoms with E-state index in [1.807, 2.05) is 35.0 Å². The molecule has 134 valence electrons. The van der Waals surface area contributed by atoms with E-state index in [9.17, 15) is 4.79 Å². The Morgan fingerprint density at radius 3 is 2.92 bits per heavy atom. The van der Waals surface area contributed by atoms with Gasteiger partial charge in [0.25, 0.3) is 0 Å². The molecule has 2 aromatic heterocycles. The molecule has 1 aliphatic rings. The van der Waals surface area contributed by atoms with Crippen LogP contribution in [-0.4, -0.2) is 34.5 Å². The van der Waals surface area contributed by atoms with Crippen molar-refractivity contribution in [2.45, 2.75) is 25.9 Å². The number of urea groups is 1. The van der Waals surface area contributed by atoms with Crippen molar-refractivity contribution >= 4 is 17.4 Å². The average molecular weight is 349 g/mol. The van der Waals surface area contributed by atoms with E-state index in [0.29, 0.717) is 19.1 Å². The van der Waals surface area contributed by atoms with Crippen LogP contribution in [0.25, 0.3) is 5.65 Å². The second-order valence-electron chi connectivity index (χ2n) is 6.68. The van der Waals surface area contributed by atoms with Crippen molar-refractivity contribution in [2.24, 2.45) is 0 Å². The van der Waals surface area contributed by atoms with Gasteiger partial charge in [-0.05, 0) is 37.1 Å². The smallest absolute Gasteiger partial charge is 0.315 e. The molecule has 0 aliphatic carbocycles. The maximum absolute atomic E-state index is 12.1. The fourth-order valence-corrected chi connectivity index (χ4v) is 3.57. The van der Waals surface area contributed by atoms with Crippen molar-refractivity contribution < 1.29 is 4.79 Å². The molecule has 6 heteroatoms. The van der Waals surface area contributed by atoms with Crippen LogP contribution in [0.4, 0.5) is 10.5 Å². The van der Waals surface area contributed by atoms with Crippen molar-refractivity contribution in [2.75, 3.05) is 18.0 Å². The van der Waals surface area contributed by atoms with Crippen LogP contribution in [0.2, 0.25) is 0 Å². The van der Waals surface area contributed by atoms with Crippen LogP contribution in [0.5, 0.6) is 0 Å². The molecule has 2 amide bonds. The molecular weight excluding hydrogens is 326 g/mol. The number of hydrogen-bond donors (Lipinski definition) is 2. The normalized spacial score (nSPS) is 15.9. The van der Waals surface area contributed by atoms with Gasteiger partial charge in [-0.2, -0.15) is 0 Å². The number of hydrogen-bond acceptors (Lipinski definition) is 3. The van der Waals surface area contributed by atoms with Crippen LogP contribution in [0, 0.1) is 0 Å². The van der Waals surface area contributed by atoms with Gasteiger partial charge in [-0.15, -0.1) is 0 Å². The molecule has 6 nitrogen and oxygen atoms in total. The third-order valence-corrected chi connectivity index (χ3v) is 4.83. The Balaban J connectivity index is 1.25. The van der Waals surface area contributed by atoms with Crippen molar-refractivity contribution in [3.8, 4) is 0 Å². The van der Waals surface area contributed by atoms with Crippen LogP contribution in [0.3, 0.4) is 0 Å². The van der Waals surface area contributed by atoms with E-state index < -0.39 is 0 Å². The van der Waals surface area contributed by atoms with Gasteiger partial charge in [0, 0.05) is 37.2 Å². The molecule has 1 atom stereocenters. The summed E-state index contributed by atoms with van der Waals surface area (Å²) in [4.78, 5) is 18.9. The van der Waals surface area contributed by atoms with E-state index in [-0.39, 0.29) is 6.03 Å². The summed E-state index contributed by atoms with van der Waals surface area (Å²) in [7, 11) is 0. The van der Waals surface area contributed by atoms with Gasteiger partial charge in [-0.3, -0.25) is 0 Å². The molecule has 0 spiro atoms. The first kappa shape index (κ1) is 16.4. The first-order valence-electron chi connectivity index (χ1n) is 8.99. The second-order valence-corrected chi connectivity index (χ2v) is 6.68. The molecule has 3 aromatic rings. The number of pyridine rings is 1. The molecular formula is C20H23N5O. The molecule has 1 aliphatic heterocycles. The number of anilines is 1. The molecule has 0 unspecified atom stereocenters. The quantitative estimate of drug-likeness (QED) is 0.744. The van der Waals surface area contributed by atoms with Crippen LogP contribution >= 0.6 is 0 Å². The van der Waals surface area contributed by atoms with Crippen molar-refractivity contribution in [3.63, 3.8) is 0 Å². The van der Waals surface area contributed by atoms with Gasteiger partial charge in [-0.1, -0.05) is 24.3 Å². The highest BCUT2D eigenvalue weighted by Gasteiger charge is 2.24. The number of aromatic nitrogens is 2. The Bertz CT molecular complexity index is 886. The summed E-state index contributed by atoms with van der Waals surface area (Å²) >= 11 is 0. The highest BCUT2D eigenvalue weighted by atomic mass is 16.2. The molecule has 0 radical (unpaired) electrons. The van der Waals surface area contributed by atoms with Crippen LogP contribution in [-0.2, 0) is 13.0 Å². The van der Waals surface area contributed by atoms with Gasteiger partial charge in [-0.25, -0.2) is 9.78 Å². The van der Waals surface area contributed by atoms with E-state index >= 15 is 0 Å². The topological polar surface area (TPSA) is 61.7 Å². The number of amides is 2. The molecule has 0 saturated heterocycles.